The number of benzene rings is 1. The molecule has 1 heterocycles. The number of alkyl halides is 3. The number of nitrogens with one attached hydrogen (secondary N) is 2. The van der Waals surface area contributed by atoms with E-state index in [1.54, 1.807) is 7.05 Å². The number of likely N-dealkylation sites (tertiary alicyclic amines) is 1. The number of guanidine groups is 1. The van der Waals surface area contributed by atoms with Gasteiger partial charge in [-0.3, -0.25) is 9.89 Å². The van der Waals surface area contributed by atoms with Gasteiger partial charge in [-0.15, -0.1) is 0 Å². The van der Waals surface area contributed by atoms with E-state index in [1.165, 1.54) is 4.90 Å². The van der Waals surface area contributed by atoms with Crippen LogP contribution < -0.4 is 10.6 Å². The summed E-state index contributed by atoms with van der Waals surface area (Å²) in [6.07, 6.45) is -2.74. The minimum atomic E-state index is -4.15. The zero-order chi connectivity index (χ0) is 17.6. The van der Waals surface area contributed by atoms with Crippen molar-refractivity contribution in [3.8, 4) is 0 Å². The van der Waals surface area contributed by atoms with Gasteiger partial charge in [0, 0.05) is 37.7 Å². The third-order valence-corrected chi connectivity index (χ3v) is 4.25. The van der Waals surface area contributed by atoms with Crippen LogP contribution in [0.3, 0.4) is 0 Å². The molecular formula is C16H22ClF3N4. The summed E-state index contributed by atoms with van der Waals surface area (Å²) in [6.45, 7) is 0.588. The molecule has 1 saturated heterocycles. The second kappa shape index (κ2) is 8.58. The first-order valence-electron chi connectivity index (χ1n) is 7.87. The molecule has 0 aromatic heterocycles. The van der Waals surface area contributed by atoms with E-state index in [4.69, 9.17) is 11.6 Å². The first kappa shape index (κ1) is 18.9. The molecule has 8 heteroatoms. The van der Waals surface area contributed by atoms with Gasteiger partial charge in [-0.2, -0.15) is 13.2 Å². The van der Waals surface area contributed by atoms with Gasteiger partial charge >= 0.3 is 6.18 Å². The predicted molar refractivity (Wildman–Crippen MR) is 90.6 cm³/mol. The lowest BCUT2D eigenvalue weighted by atomic mass is 10.1. The molecule has 0 amide bonds. The highest BCUT2D eigenvalue weighted by Gasteiger charge is 2.34. The van der Waals surface area contributed by atoms with E-state index < -0.39 is 12.7 Å². The van der Waals surface area contributed by atoms with Crippen molar-refractivity contribution in [3.05, 3.63) is 34.9 Å². The largest absolute Gasteiger partial charge is 0.401 e. The molecule has 0 saturated carbocycles. The SMILES string of the molecule is CN=C(NCCc1ccccc1Cl)NC1CCN(CC(F)(F)F)C1. The van der Waals surface area contributed by atoms with Crippen molar-refractivity contribution in [1.29, 1.82) is 0 Å². The molecule has 2 N–H and O–H groups in total. The summed E-state index contributed by atoms with van der Waals surface area (Å²) in [5, 5.41) is 7.08. The van der Waals surface area contributed by atoms with Crippen molar-refractivity contribution in [2.75, 3.05) is 33.2 Å². The summed E-state index contributed by atoms with van der Waals surface area (Å²) in [6, 6.07) is 7.59. The van der Waals surface area contributed by atoms with Crippen LogP contribution in [0.25, 0.3) is 0 Å². The number of hydrogen-bond donors (Lipinski definition) is 2. The monoisotopic (exact) mass is 362 g/mol. The van der Waals surface area contributed by atoms with Gasteiger partial charge in [0.1, 0.15) is 0 Å². The van der Waals surface area contributed by atoms with Crippen LogP contribution >= 0.6 is 11.6 Å². The molecule has 4 nitrogen and oxygen atoms in total. The average molecular weight is 363 g/mol. The summed E-state index contributed by atoms with van der Waals surface area (Å²) in [5.41, 5.74) is 1.04. The van der Waals surface area contributed by atoms with E-state index in [1.807, 2.05) is 24.3 Å². The highest BCUT2D eigenvalue weighted by atomic mass is 35.5. The maximum Gasteiger partial charge on any atom is 0.401 e. The molecule has 134 valence electrons. The fraction of sp³-hybridized carbons (Fsp3) is 0.562. The van der Waals surface area contributed by atoms with Crippen molar-refractivity contribution in [2.24, 2.45) is 4.99 Å². The van der Waals surface area contributed by atoms with Crippen molar-refractivity contribution in [1.82, 2.24) is 15.5 Å². The third kappa shape index (κ3) is 6.20. The molecule has 1 unspecified atom stereocenters. The van der Waals surface area contributed by atoms with Crippen LogP contribution in [0.4, 0.5) is 13.2 Å². The number of halogens is 4. The Morgan fingerprint density at radius 2 is 2.12 bits per heavy atom. The molecule has 0 spiro atoms. The summed E-state index contributed by atoms with van der Waals surface area (Å²) >= 11 is 6.11. The molecule has 1 aliphatic rings. The zero-order valence-electron chi connectivity index (χ0n) is 13.5. The van der Waals surface area contributed by atoms with E-state index >= 15 is 0 Å². The van der Waals surface area contributed by atoms with Crippen LogP contribution in [0.1, 0.15) is 12.0 Å². The lowest BCUT2D eigenvalue weighted by molar-refractivity contribution is -0.143. The maximum absolute atomic E-state index is 12.4. The van der Waals surface area contributed by atoms with E-state index in [2.05, 4.69) is 15.6 Å². The Balaban J connectivity index is 1.74. The van der Waals surface area contributed by atoms with Crippen LogP contribution in [0.5, 0.6) is 0 Å². The first-order valence-corrected chi connectivity index (χ1v) is 8.25. The normalized spacial score (nSPS) is 19.5. The summed E-state index contributed by atoms with van der Waals surface area (Å²) in [7, 11) is 1.65. The van der Waals surface area contributed by atoms with Gasteiger partial charge in [0.05, 0.1) is 6.54 Å². The Hall–Kier alpha value is -1.47. The Labute approximate surface area is 145 Å². The number of nitrogens with zero attached hydrogens (tertiary/aromatic N) is 2. The maximum atomic E-state index is 12.4. The highest BCUT2D eigenvalue weighted by Crippen LogP contribution is 2.20. The molecular weight excluding hydrogens is 341 g/mol. The van der Waals surface area contributed by atoms with Crippen LogP contribution in [0, 0.1) is 0 Å². The zero-order valence-corrected chi connectivity index (χ0v) is 14.3. The van der Waals surface area contributed by atoms with Gasteiger partial charge in [0.15, 0.2) is 5.96 Å². The smallest absolute Gasteiger partial charge is 0.356 e. The Morgan fingerprint density at radius 1 is 1.38 bits per heavy atom. The summed E-state index contributed by atoms with van der Waals surface area (Å²) < 4.78 is 37.2. The van der Waals surface area contributed by atoms with Crippen LogP contribution in [0.2, 0.25) is 5.02 Å². The Bertz CT molecular complexity index is 562. The molecule has 2 rings (SSSR count). The molecule has 1 atom stereocenters. The van der Waals surface area contributed by atoms with Crippen LogP contribution in [-0.2, 0) is 6.42 Å². The second-order valence-electron chi connectivity index (χ2n) is 5.82. The van der Waals surface area contributed by atoms with Gasteiger partial charge in [0.2, 0.25) is 0 Å². The quantitative estimate of drug-likeness (QED) is 0.625. The van der Waals surface area contributed by atoms with Crippen molar-refractivity contribution in [3.63, 3.8) is 0 Å². The van der Waals surface area contributed by atoms with Crippen LogP contribution in [-0.4, -0.2) is 56.3 Å². The Morgan fingerprint density at radius 3 is 2.79 bits per heavy atom. The fourth-order valence-electron chi connectivity index (χ4n) is 2.75. The van der Waals surface area contributed by atoms with Crippen molar-refractivity contribution >= 4 is 17.6 Å². The molecule has 0 radical (unpaired) electrons. The molecule has 0 bridgehead atoms. The standard InChI is InChI=1S/C16H22ClF3N4/c1-21-15(22-8-6-12-4-2-3-5-14(12)17)23-13-7-9-24(10-13)11-16(18,19)20/h2-5,13H,6-11H2,1H3,(H2,21,22,23). The molecule has 1 aromatic carbocycles. The average Bonchev–Trinajstić information content (AvgIpc) is 2.93. The van der Waals surface area contributed by atoms with Gasteiger partial charge < -0.3 is 10.6 Å². The summed E-state index contributed by atoms with van der Waals surface area (Å²) in [5.74, 6) is 0.598. The first-order chi connectivity index (χ1) is 11.4. The second-order valence-corrected chi connectivity index (χ2v) is 6.23. The molecule has 1 aliphatic heterocycles. The van der Waals surface area contributed by atoms with Gasteiger partial charge in [-0.05, 0) is 24.5 Å². The van der Waals surface area contributed by atoms with E-state index in [0.29, 0.717) is 32.0 Å². The number of aliphatic imine (C=N–C) groups is 1. The fourth-order valence-corrected chi connectivity index (χ4v) is 2.98. The van der Waals surface area contributed by atoms with Crippen molar-refractivity contribution in [2.45, 2.75) is 25.1 Å². The minimum Gasteiger partial charge on any atom is -0.356 e. The predicted octanol–water partition coefficient (Wildman–Crippen LogP) is 2.68. The lowest BCUT2D eigenvalue weighted by Gasteiger charge is -2.19. The van der Waals surface area contributed by atoms with Gasteiger partial charge in [-0.1, -0.05) is 29.8 Å². The molecule has 24 heavy (non-hydrogen) atoms. The molecule has 0 aliphatic carbocycles. The Kier molecular flexibility index (Phi) is 6.74. The van der Waals surface area contributed by atoms with E-state index in [9.17, 15) is 13.2 Å². The van der Waals surface area contributed by atoms with Gasteiger partial charge in [0.25, 0.3) is 0 Å². The van der Waals surface area contributed by atoms with E-state index in [0.717, 1.165) is 17.0 Å². The van der Waals surface area contributed by atoms with E-state index in [-0.39, 0.29) is 6.04 Å². The molecule has 1 aromatic rings. The minimum absolute atomic E-state index is 0.0288. The summed E-state index contributed by atoms with van der Waals surface area (Å²) in [4.78, 5) is 5.54. The van der Waals surface area contributed by atoms with Crippen LogP contribution in [0.15, 0.2) is 29.3 Å². The van der Waals surface area contributed by atoms with Crippen molar-refractivity contribution < 1.29 is 13.2 Å². The number of rotatable bonds is 5. The number of hydrogen-bond acceptors (Lipinski definition) is 2. The highest BCUT2D eigenvalue weighted by molar-refractivity contribution is 6.31. The lowest BCUT2D eigenvalue weighted by Crippen LogP contribution is -2.45. The van der Waals surface area contributed by atoms with Gasteiger partial charge in [-0.25, -0.2) is 0 Å². The third-order valence-electron chi connectivity index (χ3n) is 3.88. The topological polar surface area (TPSA) is 39.7 Å². The molecule has 1 fully saturated rings.